The highest BCUT2D eigenvalue weighted by atomic mass is 16.2. The molecule has 2 heterocycles. The van der Waals surface area contributed by atoms with Crippen molar-refractivity contribution in [1.82, 2.24) is 10.2 Å². The summed E-state index contributed by atoms with van der Waals surface area (Å²) in [6.07, 6.45) is 3.40. The Kier molecular flexibility index (Phi) is 4.98. The Hall–Kier alpha value is -2.57. The summed E-state index contributed by atoms with van der Waals surface area (Å²) in [6.45, 7) is 2.17. The van der Waals surface area contributed by atoms with Crippen molar-refractivity contribution in [3.8, 4) is 0 Å². The lowest BCUT2D eigenvalue weighted by Crippen LogP contribution is -2.40. The normalized spacial score (nSPS) is 17.2. The van der Waals surface area contributed by atoms with Gasteiger partial charge in [0, 0.05) is 26.1 Å². The molecule has 0 aromatic heterocycles. The molecule has 7 nitrogen and oxygen atoms in total. The molecule has 0 bridgehead atoms. The Morgan fingerprint density at radius 3 is 2.50 bits per heavy atom. The Labute approximate surface area is 141 Å². The molecule has 4 amide bonds. The molecule has 24 heavy (non-hydrogen) atoms. The molecule has 2 N–H and O–H groups in total. The van der Waals surface area contributed by atoms with Crippen LogP contribution >= 0.6 is 0 Å². The van der Waals surface area contributed by atoms with Crippen LogP contribution in [0.25, 0.3) is 0 Å². The van der Waals surface area contributed by atoms with Gasteiger partial charge in [-0.15, -0.1) is 0 Å². The number of para-hydroxylation sites is 2. The molecule has 2 fully saturated rings. The topological polar surface area (TPSA) is 81.8 Å². The number of carbonyl (C=O) groups excluding carboxylic acids is 3. The summed E-state index contributed by atoms with van der Waals surface area (Å²) in [6, 6.07) is 6.76. The molecule has 7 heteroatoms. The molecule has 2 saturated heterocycles. The standard InChI is InChI=1S/C17H22N4O3/c22-15-8-5-11-21(15)14-7-2-1-6-13(14)19-17(24)18-12-16(23)20-9-3-4-10-20/h1-2,6-7H,3-5,8-12H2,(H2,18,19,24). The molecular formula is C17H22N4O3. The van der Waals surface area contributed by atoms with E-state index in [2.05, 4.69) is 10.6 Å². The van der Waals surface area contributed by atoms with Gasteiger partial charge in [-0.3, -0.25) is 9.59 Å². The molecule has 1 aromatic carbocycles. The lowest BCUT2D eigenvalue weighted by atomic mass is 10.2. The minimum atomic E-state index is -0.443. The molecule has 0 atom stereocenters. The van der Waals surface area contributed by atoms with Crippen LogP contribution in [0.2, 0.25) is 0 Å². The third-order valence-electron chi connectivity index (χ3n) is 4.38. The summed E-state index contributed by atoms with van der Waals surface area (Å²) in [5, 5.41) is 5.33. The lowest BCUT2D eigenvalue weighted by molar-refractivity contribution is -0.129. The van der Waals surface area contributed by atoms with Crippen molar-refractivity contribution in [3.05, 3.63) is 24.3 Å². The number of anilines is 2. The van der Waals surface area contributed by atoms with Crippen molar-refractivity contribution < 1.29 is 14.4 Å². The van der Waals surface area contributed by atoms with Crippen molar-refractivity contribution >= 4 is 29.2 Å². The van der Waals surface area contributed by atoms with E-state index in [0.29, 0.717) is 24.3 Å². The number of hydrogen-bond acceptors (Lipinski definition) is 3. The van der Waals surface area contributed by atoms with Gasteiger partial charge in [-0.05, 0) is 31.4 Å². The molecule has 128 valence electrons. The summed E-state index contributed by atoms with van der Waals surface area (Å²) < 4.78 is 0. The lowest BCUT2D eigenvalue weighted by Gasteiger charge is -2.20. The summed E-state index contributed by atoms with van der Waals surface area (Å²) in [7, 11) is 0. The van der Waals surface area contributed by atoms with Crippen LogP contribution in [0.4, 0.5) is 16.2 Å². The Bertz CT molecular complexity index is 640. The Morgan fingerprint density at radius 1 is 1.04 bits per heavy atom. The summed E-state index contributed by atoms with van der Waals surface area (Å²) in [5.41, 5.74) is 1.26. The van der Waals surface area contributed by atoms with E-state index in [1.54, 1.807) is 21.9 Å². The van der Waals surface area contributed by atoms with Crippen molar-refractivity contribution in [3.63, 3.8) is 0 Å². The Balaban J connectivity index is 1.58. The monoisotopic (exact) mass is 330 g/mol. The number of hydrogen-bond donors (Lipinski definition) is 2. The van der Waals surface area contributed by atoms with Crippen LogP contribution in [0, 0.1) is 0 Å². The van der Waals surface area contributed by atoms with E-state index in [9.17, 15) is 14.4 Å². The van der Waals surface area contributed by atoms with Gasteiger partial charge in [0.2, 0.25) is 11.8 Å². The predicted molar refractivity (Wildman–Crippen MR) is 90.9 cm³/mol. The maximum absolute atomic E-state index is 12.1. The van der Waals surface area contributed by atoms with Crippen LogP contribution in [0.15, 0.2) is 24.3 Å². The number of likely N-dealkylation sites (tertiary alicyclic amines) is 1. The van der Waals surface area contributed by atoms with Crippen LogP contribution in [0.5, 0.6) is 0 Å². The van der Waals surface area contributed by atoms with E-state index < -0.39 is 6.03 Å². The molecule has 0 spiro atoms. The minimum absolute atomic E-state index is 0.0172. The van der Waals surface area contributed by atoms with Gasteiger partial charge in [0.1, 0.15) is 0 Å². The molecule has 0 aliphatic carbocycles. The van der Waals surface area contributed by atoms with E-state index in [-0.39, 0.29) is 18.4 Å². The minimum Gasteiger partial charge on any atom is -0.341 e. The third kappa shape index (κ3) is 3.67. The van der Waals surface area contributed by atoms with Crippen molar-refractivity contribution in [2.24, 2.45) is 0 Å². The van der Waals surface area contributed by atoms with Crippen LogP contribution in [-0.2, 0) is 9.59 Å². The number of benzene rings is 1. The Morgan fingerprint density at radius 2 is 1.79 bits per heavy atom. The summed E-state index contributed by atoms with van der Waals surface area (Å²) in [5.74, 6) is -0.000440. The molecule has 0 saturated carbocycles. The summed E-state index contributed by atoms with van der Waals surface area (Å²) >= 11 is 0. The molecule has 2 aliphatic heterocycles. The van der Waals surface area contributed by atoms with Gasteiger partial charge in [-0.2, -0.15) is 0 Å². The second-order valence-electron chi connectivity index (χ2n) is 6.06. The van der Waals surface area contributed by atoms with Gasteiger partial charge in [0.25, 0.3) is 0 Å². The highest BCUT2D eigenvalue weighted by molar-refractivity contribution is 6.02. The number of rotatable bonds is 4. The van der Waals surface area contributed by atoms with Crippen molar-refractivity contribution in [1.29, 1.82) is 0 Å². The quantitative estimate of drug-likeness (QED) is 0.879. The van der Waals surface area contributed by atoms with Crippen LogP contribution in [0.3, 0.4) is 0 Å². The zero-order valence-electron chi connectivity index (χ0n) is 13.6. The van der Waals surface area contributed by atoms with E-state index >= 15 is 0 Å². The number of nitrogens with zero attached hydrogens (tertiary/aromatic N) is 2. The number of carbonyl (C=O) groups is 3. The van der Waals surface area contributed by atoms with Crippen LogP contribution < -0.4 is 15.5 Å². The molecular weight excluding hydrogens is 308 g/mol. The average Bonchev–Trinajstić information content (AvgIpc) is 3.25. The van der Waals surface area contributed by atoms with Gasteiger partial charge in [0.15, 0.2) is 0 Å². The second-order valence-corrected chi connectivity index (χ2v) is 6.06. The smallest absolute Gasteiger partial charge is 0.319 e. The number of amides is 4. The zero-order chi connectivity index (χ0) is 16.9. The molecule has 0 radical (unpaired) electrons. The maximum atomic E-state index is 12.1. The number of urea groups is 1. The van der Waals surface area contributed by atoms with E-state index in [4.69, 9.17) is 0 Å². The van der Waals surface area contributed by atoms with Crippen LogP contribution in [0.1, 0.15) is 25.7 Å². The number of nitrogens with one attached hydrogen (secondary N) is 2. The highest BCUT2D eigenvalue weighted by Crippen LogP contribution is 2.29. The first-order chi connectivity index (χ1) is 11.6. The van der Waals surface area contributed by atoms with E-state index in [1.165, 1.54) is 0 Å². The maximum Gasteiger partial charge on any atom is 0.319 e. The fourth-order valence-corrected chi connectivity index (χ4v) is 3.12. The molecule has 2 aliphatic rings. The average molecular weight is 330 g/mol. The molecule has 1 aromatic rings. The first-order valence-corrected chi connectivity index (χ1v) is 8.37. The fourth-order valence-electron chi connectivity index (χ4n) is 3.12. The summed E-state index contributed by atoms with van der Waals surface area (Å²) in [4.78, 5) is 39.4. The SMILES string of the molecule is O=C(NCC(=O)N1CCCC1)Nc1ccccc1N1CCCC1=O. The van der Waals surface area contributed by atoms with Crippen molar-refractivity contribution in [2.75, 3.05) is 36.4 Å². The molecule has 0 unspecified atom stereocenters. The van der Waals surface area contributed by atoms with Gasteiger partial charge in [0.05, 0.1) is 17.9 Å². The van der Waals surface area contributed by atoms with E-state index in [1.807, 2.05) is 12.1 Å². The predicted octanol–water partition coefficient (Wildman–Crippen LogP) is 1.56. The van der Waals surface area contributed by atoms with Gasteiger partial charge in [-0.25, -0.2) is 4.79 Å². The molecule has 3 rings (SSSR count). The third-order valence-corrected chi connectivity index (χ3v) is 4.38. The van der Waals surface area contributed by atoms with Crippen molar-refractivity contribution in [2.45, 2.75) is 25.7 Å². The van der Waals surface area contributed by atoms with Crippen LogP contribution in [-0.4, -0.2) is 48.9 Å². The van der Waals surface area contributed by atoms with Gasteiger partial charge < -0.3 is 20.4 Å². The first-order valence-electron chi connectivity index (χ1n) is 8.37. The highest BCUT2D eigenvalue weighted by Gasteiger charge is 2.24. The largest absolute Gasteiger partial charge is 0.341 e. The first kappa shape index (κ1) is 16.3. The van der Waals surface area contributed by atoms with E-state index in [0.717, 1.165) is 32.4 Å². The van der Waals surface area contributed by atoms with Gasteiger partial charge >= 0.3 is 6.03 Å². The second kappa shape index (κ2) is 7.33. The van der Waals surface area contributed by atoms with Gasteiger partial charge in [-0.1, -0.05) is 12.1 Å². The fraction of sp³-hybridized carbons (Fsp3) is 0.471. The zero-order valence-corrected chi connectivity index (χ0v) is 13.6.